The van der Waals surface area contributed by atoms with E-state index < -0.39 is 41.3 Å². The fourth-order valence-corrected chi connectivity index (χ4v) is 7.23. The van der Waals surface area contributed by atoms with Crippen LogP contribution >= 0.6 is 11.6 Å². The summed E-state index contributed by atoms with van der Waals surface area (Å²) in [5.74, 6) is -1.18. The van der Waals surface area contributed by atoms with Gasteiger partial charge in [0.2, 0.25) is 11.8 Å². The van der Waals surface area contributed by atoms with Crippen LogP contribution in [0.1, 0.15) is 71.7 Å². The van der Waals surface area contributed by atoms with Crippen molar-refractivity contribution in [2.45, 2.75) is 90.1 Å². The topological polar surface area (TPSA) is 163 Å². The molecule has 3 aromatic heterocycles. The average molecular weight is 753 g/mol. The van der Waals surface area contributed by atoms with Crippen LogP contribution in [-0.4, -0.2) is 88.2 Å². The molecule has 0 bridgehead atoms. The van der Waals surface area contributed by atoms with Crippen molar-refractivity contribution in [2.24, 2.45) is 11.7 Å². The molecule has 2 saturated heterocycles. The lowest BCUT2D eigenvalue weighted by Crippen LogP contribution is -2.49. The number of nitrogens with zero attached hydrogens (tertiary/aromatic N) is 5. The second kappa shape index (κ2) is 15.4. The summed E-state index contributed by atoms with van der Waals surface area (Å²) in [6, 6.07) is 7.96. The number of likely N-dealkylation sites (tertiary alicyclic amines) is 1. The number of ether oxygens (including phenoxy) is 3. The van der Waals surface area contributed by atoms with E-state index >= 15 is 4.39 Å². The zero-order valence-electron chi connectivity index (χ0n) is 30.7. The third-order valence-electron chi connectivity index (χ3n) is 9.58. The number of fused-ring (bicyclic) bond motifs is 3. The van der Waals surface area contributed by atoms with Crippen LogP contribution in [0.15, 0.2) is 40.9 Å². The molecular formula is C38H46ClFN6O7. The minimum Gasteiger partial charge on any atom is -0.472 e. The maximum atomic E-state index is 17.2. The van der Waals surface area contributed by atoms with Crippen LogP contribution in [0.2, 0.25) is 5.02 Å². The molecule has 1 amide bonds. The highest BCUT2D eigenvalue weighted by atomic mass is 35.5. The van der Waals surface area contributed by atoms with E-state index in [1.807, 2.05) is 18.2 Å². The Kier molecular flexibility index (Phi) is 11.1. The number of carbonyl (C=O) groups excluding carboxylic acids is 3. The van der Waals surface area contributed by atoms with Crippen LogP contribution in [0.4, 0.5) is 10.2 Å². The number of piperidine rings is 1. The number of amides is 1. The van der Waals surface area contributed by atoms with Crippen molar-refractivity contribution in [1.82, 2.24) is 19.9 Å². The number of alkyl halides is 1. The summed E-state index contributed by atoms with van der Waals surface area (Å²) in [7, 11) is 0. The highest BCUT2D eigenvalue weighted by Crippen LogP contribution is 2.46. The van der Waals surface area contributed by atoms with Gasteiger partial charge >= 0.3 is 11.9 Å². The summed E-state index contributed by atoms with van der Waals surface area (Å²) in [6.07, 6.45) is 1.52. The SMILES string of the molecule is CCOC(=O)Cc1nc(N2C[C@@H](Oc3ncc(Cl)cc3[C@@]3(F)CCN(C(=O)CCCN)C[C@@H]3C)C[C@H]2C(=O)OC(C)(C)C)c2oc3ccccc3c2n1. The molecule has 0 unspecified atom stereocenters. The van der Waals surface area contributed by atoms with E-state index in [4.69, 9.17) is 40.9 Å². The predicted molar refractivity (Wildman–Crippen MR) is 196 cm³/mol. The van der Waals surface area contributed by atoms with E-state index in [-0.39, 0.29) is 79.5 Å². The van der Waals surface area contributed by atoms with Crippen molar-refractivity contribution in [1.29, 1.82) is 0 Å². The first kappa shape index (κ1) is 38.2. The minimum absolute atomic E-state index is 0.0203. The third-order valence-corrected chi connectivity index (χ3v) is 9.79. The van der Waals surface area contributed by atoms with Gasteiger partial charge in [0.1, 0.15) is 46.8 Å². The largest absolute Gasteiger partial charge is 0.472 e. The van der Waals surface area contributed by atoms with Crippen molar-refractivity contribution in [3.8, 4) is 5.88 Å². The number of hydrogen-bond acceptors (Lipinski definition) is 12. The summed E-state index contributed by atoms with van der Waals surface area (Å²) >= 11 is 6.40. The quantitative estimate of drug-likeness (QED) is 0.187. The summed E-state index contributed by atoms with van der Waals surface area (Å²) in [4.78, 5) is 56.5. The molecule has 0 saturated carbocycles. The first-order valence-electron chi connectivity index (χ1n) is 18.0. The molecule has 4 atom stereocenters. The van der Waals surface area contributed by atoms with Crippen LogP contribution in [0.5, 0.6) is 5.88 Å². The number of halogens is 2. The van der Waals surface area contributed by atoms with E-state index in [1.165, 1.54) is 12.3 Å². The van der Waals surface area contributed by atoms with E-state index in [9.17, 15) is 14.4 Å². The van der Waals surface area contributed by atoms with Gasteiger partial charge in [-0.3, -0.25) is 9.59 Å². The second-order valence-electron chi connectivity index (χ2n) is 14.7. The van der Waals surface area contributed by atoms with Crippen LogP contribution in [0, 0.1) is 5.92 Å². The second-order valence-corrected chi connectivity index (χ2v) is 15.1. The van der Waals surface area contributed by atoms with Gasteiger partial charge in [0, 0.05) is 49.9 Å². The van der Waals surface area contributed by atoms with Gasteiger partial charge in [-0.15, -0.1) is 0 Å². The normalized spacial score (nSPS) is 22.0. The van der Waals surface area contributed by atoms with Gasteiger partial charge in [0.15, 0.2) is 11.4 Å². The molecule has 2 fully saturated rings. The number of para-hydroxylation sites is 1. The Morgan fingerprint density at radius 1 is 1.17 bits per heavy atom. The Labute approximate surface area is 312 Å². The Morgan fingerprint density at radius 3 is 2.66 bits per heavy atom. The number of carbonyl (C=O) groups is 3. The Bertz CT molecular complexity index is 2000. The van der Waals surface area contributed by atoms with E-state index in [0.717, 1.165) is 0 Å². The molecule has 0 radical (unpaired) electrons. The molecule has 6 rings (SSSR count). The van der Waals surface area contributed by atoms with Crippen molar-refractivity contribution in [3.05, 3.63) is 52.9 Å². The van der Waals surface area contributed by atoms with Crippen molar-refractivity contribution >= 4 is 57.3 Å². The number of anilines is 1. The van der Waals surface area contributed by atoms with Gasteiger partial charge in [0.05, 0.1) is 23.7 Å². The Hall–Kier alpha value is -4.56. The average Bonchev–Trinajstić information content (AvgIpc) is 3.70. The standard InChI is InChI=1S/C38H46ClFN6O7/c1-6-50-31(48)18-29-43-32-25-10-7-8-11-28(25)52-33(32)34(44-29)46-21-24(17-27(46)36(49)53-37(3,4)5)51-35-26(16-23(39)19-42-35)38(40)13-15-45(20-22(38)2)30(47)12-9-14-41/h7-8,10-11,16,19,22,24,27H,6,9,12-15,17-18,20-21,41H2,1-5H3/t22-,24-,27-,38+/m0/s1. The van der Waals surface area contributed by atoms with Crippen molar-refractivity contribution < 1.29 is 37.4 Å². The highest BCUT2D eigenvalue weighted by molar-refractivity contribution is 6.30. The molecule has 284 valence electrons. The lowest BCUT2D eigenvalue weighted by molar-refractivity contribution is -0.156. The maximum Gasteiger partial charge on any atom is 0.329 e. The number of benzene rings is 1. The number of hydrogen-bond donors (Lipinski definition) is 1. The summed E-state index contributed by atoms with van der Waals surface area (Å²) in [5, 5.41) is 0.946. The third kappa shape index (κ3) is 8.18. The molecule has 4 aromatic rings. The lowest BCUT2D eigenvalue weighted by atomic mass is 9.78. The molecule has 15 heteroatoms. The number of nitrogens with two attached hydrogens (primary N) is 1. The van der Waals surface area contributed by atoms with E-state index in [0.29, 0.717) is 41.5 Å². The number of aromatic nitrogens is 3. The summed E-state index contributed by atoms with van der Waals surface area (Å²) < 4.78 is 41.1. The Balaban J connectivity index is 1.36. The molecule has 2 aliphatic heterocycles. The first-order valence-corrected chi connectivity index (χ1v) is 18.4. The number of rotatable bonds is 11. The molecule has 2 aliphatic rings. The van der Waals surface area contributed by atoms with Crippen LogP contribution in [0.25, 0.3) is 22.1 Å². The molecule has 5 heterocycles. The fourth-order valence-electron chi connectivity index (χ4n) is 7.07. The maximum absolute atomic E-state index is 17.2. The van der Waals surface area contributed by atoms with Gasteiger partial charge in [0.25, 0.3) is 0 Å². The number of furan rings is 1. The molecule has 0 spiro atoms. The zero-order chi connectivity index (χ0) is 38.1. The fraction of sp³-hybridized carbons (Fsp3) is 0.526. The first-order chi connectivity index (χ1) is 25.2. The number of pyridine rings is 1. The summed E-state index contributed by atoms with van der Waals surface area (Å²) in [5.41, 5.74) is 4.41. The van der Waals surface area contributed by atoms with Gasteiger partial charge in [-0.1, -0.05) is 30.7 Å². The molecule has 1 aromatic carbocycles. The van der Waals surface area contributed by atoms with E-state index in [2.05, 4.69) is 9.97 Å². The van der Waals surface area contributed by atoms with Crippen LogP contribution in [0.3, 0.4) is 0 Å². The smallest absolute Gasteiger partial charge is 0.329 e. The molecular weight excluding hydrogens is 707 g/mol. The lowest BCUT2D eigenvalue weighted by Gasteiger charge is -2.42. The predicted octanol–water partition coefficient (Wildman–Crippen LogP) is 5.67. The zero-order valence-corrected chi connectivity index (χ0v) is 31.5. The van der Waals surface area contributed by atoms with Crippen LogP contribution < -0.4 is 15.4 Å². The molecule has 0 aliphatic carbocycles. The molecule has 2 N–H and O–H groups in total. The molecule has 53 heavy (non-hydrogen) atoms. The van der Waals surface area contributed by atoms with Gasteiger partial charge in [-0.05, 0) is 58.9 Å². The summed E-state index contributed by atoms with van der Waals surface area (Å²) in [6.45, 7) is 9.93. The van der Waals surface area contributed by atoms with Gasteiger partial charge in [-0.25, -0.2) is 24.1 Å². The molecule has 13 nitrogen and oxygen atoms in total. The van der Waals surface area contributed by atoms with Gasteiger partial charge in [-0.2, -0.15) is 0 Å². The Morgan fingerprint density at radius 2 is 1.94 bits per heavy atom. The highest BCUT2D eigenvalue weighted by Gasteiger charge is 2.48. The minimum atomic E-state index is -1.91. The van der Waals surface area contributed by atoms with E-state index in [1.54, 1.807) is 50.5 Å². The van der Waals surface area contributed by atoms with Crippen LogP contribution in [-0.2, 0) is 35.9 Å². The van der Waals surface area contributed by atoms with Gasteiger partial charge < -0.3 is 34.2 Å². The monoisotopic (exact) mass is 752 g/mol. The van der Waals surface area contributed by atoms with Crippen molar-refractivity contribution in [3.63, 3.8) is 0 Å². The number of esters is 2. The van der Waals surface area contributed by atoms with Crippen molar-refractivity contribution in [2.75, 3.05) is 37.7 Å².